The molecule has 2 unspecified atom stereocenters. The number of benzene rings is 3. The number of halogens is 1. The molecule has 5 aliphatic heterocycles. The molecule has 83 heavy (non-hydrogen) atoms. The van der Waals surface area contributed by atoms with Crippen LogP contribution in [0.5, 0.6) is 11.8 Å². The predicted octanol–water partition coefficient (Wildman–Crippen LogP) is 10.4. The first kappa shape index (κ1) is 59.4. The molecule has 0 aliphatic carbocycles. The quantitative estimate of drug-likeness (QED) is 0.0756. The molecule has 5 saturated heterocycles. The van der Waals surface area contributed by atoms with Crippen LogP contribution in [0.15, 0.2) is 76.9 Å². The molecular formula is C64H82FN11O6S. The van der Waals surface area contributed by atoms with Crippen molar-refractivity contribution in [3.8, 4) is 33.5 Å². The summed E-state index contributed by atoms with van der Waals surface area (Å²) in [6.45, 7) is 25.6. The van der Waals surface area contributed by atoms with Crippen LogP contribution in [-0.4, -0.2) is 140 Å². The van der Waals surface area contributed by atoms with E-state index in [1.807, 2.05) is 116 Å². The van der Waals surface area contributed by atoms with Crippen molar-refractivity contribution in [2.75, 3.05) is 68.8 Å². The highest BCUT2D eigenvalue weighted by Crippen LogP contribution is 2.45. The molecule has 5 aliphatic rings. The second kappa shape index (κ2) is 24.8. The van der Waals surface area contributed by atoms with Gasteiger partial charge in [-0.25, -0.2) is 9.37 Å². The first-order chi connectivity index (χ1) is 40.1. The Morgan fingerprint density at radius 3 is 2.36 bits per heavy atom. The number of likely N-dealkylation sites (tertiary alicyclic amines) is 2. The third kappa shape index (κ3) is 11.6. The van der Waals surface area contributed by atoms with E-state index in [1.165, 1.54) is 4.90 Å². The largest absolute Gasteiger partial charge is 0.508 e. The van der Waals surface area contributed by atoms with Crippen LogP contribution in [0.2, 0.25) is 0 Å². The van der Waals surface area contributed by atoms with Gasteiger partial charge >= 0.3 is 6.01 Å². The minimum absolute atomic E-state index is 0.0364. The van der Waals surface area contributed by atoms with E-state index in [1.54, 1.807) is 29.7 Å². The van der Waals surface area contributed by atoms with Crippen LogP contribution in [0.3, 0.4) is 0 Å². The highest BCUT2D eigenvalue weighted by atomic mass is 32.1. The van der Waals surface area contributed by atoms with E-state index in [0.717, 1.165) is 109 Å². The van der Waals surface area contributed by atoms with Gasteiger partial charge in [-0.15, -0.1) is 11.3 Å². The fourth-order valence-electron chi connectivity index (χ4n) is 13.0. The number of phenols is 1. The van der Waals surface area contributed by atoms with Crippen molar-refractivity contribution >= 4 is 56.5 Å². The topological polar surface area (TPSA) is 198 Å². The number of anilines is 2. The lowest BCUT2D eigenvalue weighted by Gasteiger charge is -2.54. The minimum atomic E-state index is -1.15. The van der Waals surface area contributed by atoms with Crippen LogP contribution in [0.4, 0.5) is 16.0 Å². The molecule has 0 saturated carbocycles. The second-order valence-corrected chi connectivity index (χ2v) is 24.2. The molecule has 19 heteroatoms. The molecule has 9 heterocycles. The van der Waals surface area contributed by atoms with E-state index in [-0.39, 0.29) is 65.1 Å². The first-order valence-electron chi connectivity index (χ1n) is 30.1. The summed E-state index contributed by atoms with van der Waals surface area (Å²) in [5.41, 5.74) is 5.58. The van der Waals surface area contributed by atoms with Gasteiger partial charge in [0.15, 0.2) is 17.4 Å². The molecule has 4 aromatic heterocycles. The number of aromatic nitrogens is 5. The summed E-state index contributed by atoms with van der Waals surface area (Å²) in [4.78, 5) is 57.0. The maximum absolute atomic E-state index is 17.2. The van der Waals surface area contributed by atoms with Crippen LogP contribution in [0.25, 0.3) is 43.4 Å². The number of amides is 2. The van der Waals surface area contributed by atoms with Gasteiger partial charge in [0, 0.05) is 81.0 Å². The van der Waals surface area contributed by atoms with E-state index in [0.29, 0.717) is 53.6 Å². The monoisotopic (exact) mass is 1150 g/mol. The number of carbonyl (C=O) groups is 2. The summed E-state index contributed by atoms with van der Waals surface area (Å²) in [7, 11) is 0. The Balaban J connectivity index is 0.00000188. The number of hydrogen-bond donors (Lipinski definition) is 4. The number of rotatable bonds is 15. The van der Waals surface area contributed by atoms with Gasteiger partial charge in [-0.05, 0) is 111 Å². The van der Waals surface area contributed by atoms with Gasteiger partial charge in [-0.1, -0.05) is 96.1 Å². The number of piperazine rings is 1. The predicted molar refractivity (Wildman–Crippen MR) is 326 cm³/mol. The molecule has 2 amide bonds. The number of piperidine rings is 1. The number of aryl methyl sites for hydroxylation is 2. The minimum Gasteiger partial charge on any atom is -0.508 e. The lowest BCUT2D eigenvalue weighted by molar-refractivity contribution is -0.145. The lowest BCUT2D eigenvalue weighted by atomic mass is 9.72. The van der Waals surface area contributed by atoms with Crippen molar-refractivity contribution in [1.29, 1.82) is 0 Å². The smallest absolute Gasteiger partial charge is 0.319 e. The molecule has 4 N–H and O–H groups in total. The van der Waals surface area contributed by atoms with Crippen LogP contribution in [-0.2, 0) is 21.4 Å². The van der Waals surface area contributed by atoms with Gasteiger partial charge < -0.3 is 44.8 Å². The number of hydrogen-bond acceptors (Lipinski definition) is 16. The van der Waals surface area contributed by atoms with Gasteiger partial charge in [0.1, 0.15) is 40.8 Å². The molecule has 442 valence electrons. The number of carbonyl (C=O) groups excluding carboxylic acids is 2. The van der Waals surface area contributed by atoms with E-state index >= 15 is 4.39 Å². The number of nitrogens with one attached hydrogen (secondary N) is 2. The van der Waals surface area contributed by atoms with Crippen molar-refractivity contribution in [2.45, 2.75) is 143 Å². The average Bonchev–Trinajstić information content (AvgIpc) is 4.16. The number of ether oxygens (including phenoxy) is 1. The van der Waals surface area contributed by atoms with Gasteiger partial charge in [0.25, 0.3) is 0 Å². The van der Waals surface area contributed by atoms with Crippen LogP contribution >= 0.6 is 11.3 Å². The number of pyridine rings is 1. The van der Waals surface area contributed by atoms with Gasteiger partial charge in [0.05, 0.1) is 33.6 Å². The van der Waals surface area contributed by atoms with Gasteiger partial charge in [-0.3, -0.25) is 19.5 Å². The number of β-amino-alcohol motifs (C(OH)–C–C–N with tert-alkyl or cyclic N) is 1. The third-order valence-corrected chi connectivity index (χ3v) is 19.0. The molecule has 6 atom stereocenters. The molecule has 3 aromatic carbocycles. The summed E-state index contributed by atoms with van der Waals surface area (Å²) >= 11 is 1.59. The highest BCUT2D eigenvalue weighted by molar-refractivity contribution is 7.13. The Morgan fingerprint density at radius 1 is 0.964 bits per heavy atom. The van der Waals surface area contributed by atoms with Crippen molar-refractivity contribution < 1.29 is 33.5 Å². The maximum Gasteiger partial charge on any atom is 0.319 e. The Morgan fingerprint density at radius 2 is 1.69 bits per heavy atom. The lowest BCUT2D eigenvalue weighted by Crippen LogP contribution is -2.60. The number of aliphatic hydroxyl groups excluding tert-OH is 1. The summed E-state index contributed by atoms with van der Waals surface area (Å²) in [6.07, 6.45) is 5.83. The molecule has 17 nitrogen and oxygen atoms in total. The molecule has 12 rings (SSSR count). The maximum atomic E-state index is 17.2. The number of fused-ring (bicyclic) bond motifs is 4. The Hall–Kier alpha value is -6.80. The second-order valence-electron chi connectivity index (χ2n) is 23.4. The van der Waals surface area contributed by atoms with Crippen molar-refractivity contribution in [1.82, 2.24) is 45.5 Å². The number of phenolic OH excluding ortho intramolecular Hbond substituents is 1. The molecule has 5 fully saturated rings. The zero-order valence-corrected chi connectivity index (χ0v) is 50.7. The zero-order valence-electron chi connectivity index (χ0n) is 49.8. The first-order valence-corrected chi connectivity index (χ1v) is 31.0. The molecule has 7 aromatic rings. The van der Waals surface area contributed by atoms with Crippen molar-refractivity contribution in [2.24, 2.45) is 11.3 Å². The normalized spacial score (nSPS) is 21.3. The van der Waals surface area contributed by atoms with Gasteiger partial charge in [0.2, 0.25) is 11.8 Å². The summed E-state index contributed by atoms with van der Waals surface area (Å²) in [5.74, 6) is 0.384. The van der Waals surface area contributed by atoms with Crippen LogP contribution in [0.1, 0.15) is 123 Å². The van der Waals surface area contributed by atoms with E-state index < -0.39 is 23.4 Å². The van der Waals surface area contributed by atoms with E-state index in [2.05, 4.69) is 42.4 Å². The fourth-order valence-corrected chi connectivity index (χ4v) is 13.8. The molecule has 1 spiro atoms. The highest BCUT2D eigenvalue weighted by Gasteiger charge is 2.52. The van der Waals surface area contributed by atoms with E-state index in [9.17, 15) is 19.8 Å². The van der Waals surface area contributed by atoms with Crippen LogP contribution < -0.4 is 25.2 Å². The molecule has 0 radical (unpaired) electrons. The number of nitrogens with zero attached hydrogens (tertiary/aromatic N) is 9. The van der Waals surface area contributed by atoms with E-state index in [4.69, 9.17) is 24.2 Å². The van der Waals surface area contributed by atoms with Crippen LogP contribution in [0, 0.1) is 24.1 Å². The third-order valence-electron chi connectivity index (χ3n) is 18.0. The number of thiazole rings is 1. The Labute approximate surface area is 491 Å². The summed E-state index contributed by atoms with van der Waals surface area (Å²) < 4.78 is 29.6. The van der Waals surface area contributed by atoms with Crippen molar-refractivity contribution in [3.05, 3.63) is 101 Å². The standard InChI is InChI=1S/C60H70FN11O6S.2C2H6/c1-7-37-9-8-10-40-23-43(73)24-45(50(37)40)52-51(61)53-46(27-62-52)55(70-28-41-15-16-42(29-70)65-41)67-58(66-53)77-22-21-69-19-17-60(18-20-69)31-71(32-60)49-26-48(78-68-49)59(6,34(2)3)57(76)72-30-44(74)25-47(72)56(75)64-35(4)38-11-13-39(14-12-38)54-36(5)63-33-79-54;2*1-2/h8-14,23-24,26-27,33-35,41-42,44,47,65,73-74H,7,15-22,25,28-32H2,1-6H3,(H,64,75);2*1-2H3/t35-,41?,42?,44+,47-,59+;;/m0../s1. The molecular weight excluding hydrogens is 1070 g/mol. The number of aromatic hydroxyl groups is 1. The zero-order chi connectivity index (χ0) is 58.9. The SMILES string of the molecule is CC.CC.CCc1cccc2cc(O)cc(-c3ncc4c(N5CC6CCC(C5)N6)nc(OCCN5CCC6(CC5)CN(c5cc([C@](C)(C(=O)N7C[C@H](O)C[C@H]7C(=O)N[C@@H](C)c7ccc(-c8scnc8C)cc7)C(C)C)on5)C6)nc4c3F)c12. The Bertz CT molecular complexity index is 3420. The number of aliphatic hydroxyl groups is 1. The van der Waals surface area contributed by atoms with Crippen molar-refractivity contribution in [3.63, 3.8) is 0 Å². The summed E-state index contributed by atoms with van der Waals surface area (Å²) in [6, 6.07) is 18.7. The fraction of sp³-hybridized carbons (Fsp3) is 0.516. The Kier molecular flexibility index (Phi) is 17.7. The molecule has 2 bridgehead atoms. The summed E-state index contributed by atoms with van der Waals surface area (Å²) in [5, 5.41) is 35.2. The van der Waals surface area contributed by atoms with Gasteiger partial charge in [-0.2, -0.15) is 9.97 Å². The average molecular weight is 1150 g/mol.